The van der Waals surface area contributed by atoms with Crippen LogP contribution in [0.15, 0.2) is 23.2 Å². The molecule has 3 rings (SSSR count). The lowest BCUT2D eigenvalue weighted by atomic mass is 9.94. The second kappa shape index (κ2) is 6.97. The van der Waals surface area contributed by atoms with Gasteiger partial charge in [-0.2, -0.15) is 10.5 Å². The molecule has 0 radical (unpaired) electrons. The van der Waals surface area contributed by atoms with Gasteiger partial charge in [-0.05, 0) is 12.1 Å². The Bertz CT molecular complexity index is 1100. The van der Waals surface area contributed by atoms with E-state index in [9.17, 15) is 23.5 Å². The molecule has 0 aliphatic carbocycles. The molecule has 1 aliphatic heterocycles. The highest BCUT2D eigenvalue weighted by Crippen LogP contribution is 2.43. The highest BCUT2D eigenvalue weighted by molar-refractivity contribution is 5.98. The number of hydrogen-bond acceptors (Lipinski definition) is 10. The molecule has 1 atom stereocenters. The van der Waals surface area contributed by atoms with Crippen LogP contribution in [0.3, 0.4) is 0 Å². The standard InChI is InChI=1S/C16H11F3N8O2/c17-16(18,19)29-6-1-2-7(9(28)3-6)12-10-11(22)8(4-20)13(23)26-14(10)27-15(25-12)24-5-21/h1-3,12,28H,(H6,22,23,24,25,26,27). The molecule has 0 saturated carbocycles. The number of phenols is 1. The van der Waals surface area contributed by atoms with Gasteiger partial charge in [-0.25, -0.2) is 9.98 Å². The summed E-state index contributed by atoms with van der Waals surface area (Å²) in [5.74, 6) is -1.41. The van der Waals surface area contributed by atoms with E-state index >= 15 is 0 Å². The monoisotopic (exact) mass is 404 g/mol. The summed E-state index contributed by atoms with van der Waals surface area (Å²) < 4.78 is 41.0. The van der Waals surface area contributed by atoms with Gasteiger partial charge in [0.2, 0.25) is 5.96 Å². The molecule has 0 saturated heterocycles. The van der Waals surface area contributed by atoms with Gasteiger partial charge in [0.15, 0.2) is 6.19 Å². The van der Waals surface area contributed by atoms with E-state index in [0.717, 1.165) is 18.2 Å². The number of nitrogens with zero attached hydrogens (tertiary/aromatic N) is 4. The maximum Gasteiger partial charge on any atom is 0.573 e. The van der Waals surface area contributed by atoms with Gasteiger partial charge in [-0.1, -0.05) is 0 Å². The number of fused-ring (bicyclic) bond motifs is 1. The summed E-state index contributed by atoms with van der Waals surface area (Å²) >= 11 is 0. The maximum absolute atomic E-state index is 12.4. The molecule has 0 amide bonds. The lowest BCUT2D eigenvalue weighted by molar-refractivity contribution is -0.274. The Morgan fingerprint density at radius 2 is 2.00 bits per heavy atom. The summed E-state index contributed by atoms with van der Waals surface area (Å²) in [7, 11) is 0. The lowest BCUT2D eigenvalue weighted by Crippen LogP contribution is -2.32. The Kier molecular flexibility index (Phi) is 4.66. The minimum absolute atomic E-state index is 0.0293. The van der Waals surface area contributed by atoms with Gasteiger partial charge in [0, 0.05) is 17.2 Å². The average molecular weight is 404 g/mol. The van der Waals surface area contributed by atoms with E-state index in [1.165, 1.54) is 0 Å². The van der Waals surface area contributed by atoms with Crippen LogP contribution in [0.25, 0.3) is 0 Å². The summed E-state index contributed by atoms with van der Waals surface area (Å²) in [6.07, 6.45) is -3.29. The van der Waals surface area contributed by atoms with Crippen LogP contribution in [0.5, 0.6) is 11.5 Å². The van der Waals surface area contributed by atoms with E-state index < -0.39 is 23.9 Å². The van der Waals surface area contributed by atoms with Crippen molar-refractivity contribution in [2.24, 2.45) is 4.99 Å². The molecule has 1 aromatic heterocycles. The zero-order valence-corrected chi connectivity index (χ0v) is 14.2. The van der Waals surface area contributed by atoms with Crippen LogP contribution in [0.2, 0.25) is 0 Å². The van der Waals surface area contributed by atoms with Crippen LogP contribution >= 0.6 is 0 Å². The molecular formula is C16H11F3N8O2. The van der Waals surface area contributed by atoms with Gasteiger partial charge in [0.05, 0.1) is 5.69 Å². The van der Waals surface area contributed by atoms with Gasteiger partial charge in [-0.3, -0.25) is 5.32 Å². The number of halogens is 3. The fourth-order valence-electron chi connectivity index (χ4n) is 2.76. The minimum Gasteiger partial charge on any atom is -0.507 e. The Morgan fingerprint density at radius 1 is 1.28 bits per heavy atom. The van der Waals surface area contributed by atoms with Gasteiger partial charge in [0.25, 0.3) is 0 Å². The fourth-order valence-corrected chi connectivity index (χ4v) is 2.76. The van der Waals surface area contributed by atoms with Crippen molar-refractivity contribution in [3.63, 3.8) is 0 Å². The summed E-state index contributed by atoms with van der Waals surface area (Å²) in [6.45, 7) is 0. The van der Waals surface area contributed by atoms with Crippen molar-refractivity contribution in [3.8, 4) is 23.8 Å². The Balaban J connectivity index is 2.16. The first-order valence-corrected chi connectivity index (χ1v) is 7.72. The number of guanidine groups is 1. The van der Waals surface area contributed by atoms with Crippen LogP contribution < -0.4 is 26.8 Å². The van der Waals surface area contributed by atoms with Gasteiger partial charge >= 0.3 is 6.36 Å². The summed E-state index contributed by atoms with van der Waals surface area (Å²) in [4.78, 5) is 8.22. The Hall–Kier alpha value is -4.39. The molecule has 2 heterocycles. The number of nitrogen functional groups attached to an aromatic ring is 2. The summed E-state index contributed by atoms with van der Waals surface area (Å²) in [6, 6.07) is 3.57. The van der Waals surface area contributed by atoms with Crippen LogP contribution in [-0.4, -0.2) is 22.4 Å². The third kappa shape index (κ3) is 3.70. The van der Waals surface area contributed by atoms with Gasteiger partial charge < -0.3 is 26.6 Å². The molecule has 7 N–H and O–H groups in total. The predicted molar refractivity (Wildman–Crippen MR) is 94.2 cm³/mol. The van der Waals surface area contributed by atoms with Crippen molar-refractivity contribution < 1.29 is 23.0 Å². The largest absolute Gasteiger partial charge is 0.573 e. The summed E-state index contributed by atoms with van der Waals surface area (Å²) in [5, 5.41) is 33.3. The van der Waals surface area contributed by atoms with E-state index in [1.807, 2.05) is 6.07 Å². The molecule has 148 valence electrons. The maximum atomic E-state index is 12.4. The number of phenolic OH excluding ortho intramolecular Hbond substituents is 1. The van der Waals surface area contributed by atoms with Gasteiger partial charge in [0.1, 0.15) is 40.8 Å². The molecule has 1 aliphatic rings. The molecule has 2 aromatic rings. The topological polar surface area (TPSA) is 178 Å². The van der Waals surface area contributed by atoms with Crippen LogP contribution in [-0.2, 0) is 0 Å². The average Bonchev–Trinajstić information content (AvgIpc) is 2.60. The Morgan fingerprint density at radius 3 is 2.59 bits per heavy atom. The molecule has 10 nitrogen and oxygen atoms in total. The van der Waals surface area contributed by atoms with Gasteiger partial charge in [-0.15, -0.1) is 13.2 Å². The number of hydrogen-bond donors (Lipinski definition) is 5. The van der Waals surface area contributed by atoms with Crippen LogP contribution in [0.4, 0.5) is 30.5 Å². The van der Waals surface area contributed by atoms with E-state index in [2.05, 4.69) is 25.3 Å². The number of nitrogens with two attached hydrogens (primary N) is 2. The SMILES string of the molecule is N#CNC1=NC(c2ccc(OC(F)(F)F)cc2O)c2c(nc(N)c(C#N)c2N)N1. The number of nitrogens with one attached hydrogen (secondary N) is 2. The minimum atomic E-state index is -4.94. The van der Waals surface area contributed by atoms with E-state index in [0.29, 0.717) is 0 Å². The number of nitriles is 2. The van der Waals surface area contributed by atoms with E-state index in [-0.39, 0.29) is 40.0 Å². The quantitative estimate of drug-likeness (QED) is 0.368. The number of anilines is 3. The molecular weight excluding hydrogens is 393 g/mol. The molecule has 13 heteroatoms. The third-order valence-electron chi connectivity index (χ3n) is 3.89. The number of rotatable bonds is 2. The molecule has 1 aromatic carbocycles. The summed E-state index contributed by atoms with van der Waals surface area (Å²) in [5.41, 5.74) is 11.7. The number of aromatic nitrogens is 1. The number of ether oxygens (including phenoxy) is 1. The second-order valence-electron chi connectivity index (χ2n) is 5.67. The fraction of sp³-hybridized carbons (Fsp3) is 0.125. The lowest BCUT2D eigenvalue weighted by Gasteiger charge is -2.26. The zero-order chi connectivity index (χ0) is 21.3. The molecule has 0 fully saturated rings. The van der Waals surface area contributed by atoms with E-state index in [1.54, 1.807) is 6.19 Å². The number of benzene rings is 1. The van der Waals surface area contributed by atoms with Crippen LogP contribution in [0, 0.1) is 22.8 Å². The van der Waals surface area contributed by atoms with Crippen molar-refractivity contribution in [1.82, 2.24) is 10.3 Å². The molecule has 0 spiro atoms. The molecule has 29 heavy (non-hydrogen) atoms. The van der Waals surface area contributed by atoms with Crippen molar-refractivity contribution in [2.75, 3.05) is 16.8 Å². The normalized spacial score (nSPS) is 15.2. The first-order chi connectivity index (χ1) is 13.6. The molecule has 0 bridgehead atoms. The number of aromatic hydroxyl groups is 1. The number of pyridine rings is 1. The van der Waals surface area contributed by atoms with Crippen molar-refractivity contribution in [2.45, 2.75) is 12.4 Å². The van der Waals surface area contributed by atoms with Crippen molar-refractivity contribution in [3.05, 3.63) is 34.9 Å². The zero-order valence-electron chi connectivity index (χ0n) is 14.2. The van der Waals surface area contributed by atoms with Crippen molar-refractivity contribution >= 4 is 23.3 Å². The first kappa shape index (κ1) is 19.4. The Labute approximate surface area is 160 Å². The van der Waals surface area contributed by atoms with Crippen molar-refractivity contribution in [1.29, 1.82) is 10.5 Å². The first-order valence-electron chi connectivity index (χ1n) is 7.72. The second-order valence-corrected chi connectivity index (χ2v) is 5.67. The number of alkyl halides is 3. The van der Waals surface area contributed by atoms with E-state index in [4.69, 9.17) is 16.7 Å². The molecule has 1 unspecified atom stereocenters. The predicted octanol–water partition coefficient (Wildman–Crippen LogP) is 1.66. The number of aliphatic imine (C=N–C) groups is 1. The third-order valence-corrected chi connectivity index (χ3v) is 3.89. The highest BCUT2D eigenvalue weighted by Gasteiger charge is 2.33. The highest BCUT2D eigenvalue weighted by atomic mass is 19.4. The smallest absolute Gasteiger partial charge is 0.507 e. The van der Waals surface area contributed by atoms with Crippen LogP contribution in [0.1, 0.15) is 22.7 Å².